The summed E-state index contributed by atoms with van der Waals surface area (Å²) in [6, 6.07) is 6.10. The van der Waals surface area contributed by atoms with Crippen molar-refractivity contribution in [1.82, 2.24) is 10.6 Å². The van der Waals surface area contributed by atoms with Crippen LogP contribution in [-0.4, -0.2) is 36.4 Å². The molecule has 8 heteroatoms. The van der Waals surface area contributed by atoms with Crippen LogP contribution in [0, 0.1) is 10.1 Å². The Labute approximate surface area is 128 Å². The van der Waals surface area contributed by atoms with Gasteiger partial charge >= 0.3 is 5.69 Å². The molecule has 0 atom stereocenters. The van der Waals surface area contributed by atoms with Gasteiger partial charge < -0.3 is 15.4 Å². The minimum absolute atomic E-state index is 0.0951. The zero-order valence-corrected chi connectivity index (χ0v) is 12.3. The SMILES string of the molecule is CC(=O)NCCNC(=O)CCCOc1ccccc1[N+](=O)[O-]. The molecule has 0 spiro atoms. The summed E-state index contributed by atoms with van der Waals surface area (Å²) in [7, 11) is 0. The first-order valence-electron chi connectivity index (χ1n) is 6.88. The number of hydrogen-bond donors (Lipinski definition) is 2. The number of nitro groups is 1. The molecule has 0 fully saturated rings. The normalized spacial score (nSPS) is 9.86. The smallest absolute Gasteiger partial charge is 0.310 e. The number of para-hydroxylation sites is 2. The van der Waals surface area contributed by atoms with Gasteiger partial charge in [0, 0.05) is 32.5 Å². The summed E-state index contributed by atoms with van der Waals surface area (Å²) in [6.07, 6.45) is 0.693. The Morgan fingerprint density at radius 3 is 2.59 bits per heavy atom. The van der Waals surface area contributed by atoms with Crippen LogP contribution in [0.15, 0.2) is 24.3 Å². The maximum atomic E-state index is 11.5. The van der Waals surface area contributed by atoms with Crippen molar-refractivity contribution in [3.63, 3.8) is 0 Å². The lowest BCUT2D eigenvalue weighted by Crippen LogP contribution is -2.33. The van der Waals surface area contributed by atoms with E-state index in [4.69, 9.17) is 4.74 Å². The second kappa shape index (κ2) is 9.32. The summed E-state index contributed by atoms with van der Waals surface area (Å²) >= 11 is 0. The van der Waals surface area contributed by atoms with E-state index >= 15 is 0 Å². The van der Waals surface area contributed by atoms with Crippen LogP contribution in [0.25, 0.3) is 0 Å². The number of rotatable bonds is 9. The lowest BCUT2D eigenvalue weighted by Gasteiger charge is -2.07. The fraction of sp³-hybridized carbons (Fsp3) is 0.429. The molecule has 1 aromatic rings. The summed E-state index contributed by atoms with van der Waals surface area (Å²) in [5.41, 5.74) is -0.0951. The molecule has 2 amide bonds. The third-order valence-corrected chi connectivity index (χ3v) is 2.69. The molecule has 1 rings (SSSR count). The standard InChI is InChI=1S/C14H19N3O5/c1-11(18)15-8-9-16-14(19)7-4-10-22-13-6-3-2-5-12(13)17(20)21/h2-3,5-6H,4,7-10H2,1H3,(H,15,18)(H,16,19). The lowest BCUT2D eigenvalue weighted by molar-refractivity contribution is -0.385. The first kappa shape index (κ1) is 17.4. The Morgan fingerprint density at radius 1 is 1.23 bits per heavy atom. The molecule has 2 N–H and O–H groups in total. The molecule has 0 heterocycles. The fourth-order valence-corrected chi connectivity index (χ4v) is 1.67. The highest BCUT2D eigenvalue weighted by Gasteiger charge is 2.13. The van der Waals surface area contributed by atoms with Crippen LogP contribution in [0.3, 0.4) is 0 Å². The average Bonchev–Trinajstić information content (AvgIpc) is 2.48. The van der Waals surface area contributed by atoms with E-state index in [9.17, 15) is 19.7 Å². The average molecular weight is 309 g/mol. The van der Waals surface area contributed by atoms with E-state index in [0.717, 1.165) is 0 Å². The van der Waals surface area contributed by atoms with Crippen LogP contribution in [-0.2, 0) is 9.59 Å². The first-order chi connectivity index (χ1) is 10.5. The van der Waals surface area contributed by atoms with Gasteiger partial charge in [0.1, 0.15) is 0 Å². The van der Waals surface area contributed by atoms with Gasteiger partial charge in [-0.3, -0.25) is 19.7 Å². The van der Waals surface area contributed by atoms with Crippen LogP contribution in [0.4, 0.5) is 5.69 Å². The molecule has 22 heavy (non-hydrogen) atoms. The number of ether oxygens (including phenoxy) is 1. The van der Waals surface area contributed by atoms with Gasteiger partial charge in [0.05, 0.1) is 11.5 Å². The zero-order valence-electron chi connectivity index (χ0n) is 12.3. The number of nitrogens with one attached hydrogen (secondary N) is 2. The molecule has 0 radical (unpaired) electrons. The number of amides is 2. The molecule has 120 valence electrons. The highest BCUT2D eigenvalue weighted by atomic mass is 16.6. The van der Waals surface area contributed by atoms with Crippen molar-refractivity contribution >= 4 is 17.5 Å². The number of carbonyl (C=O) groups excluding carboxylic acids is 2. The summed E-state index contributed by atoms with van der Waals surface area (Å²) in [6.45, 7) is 2.36. The summed E-state index contributed by atoms with van der Waals surface area (Å²) in [4.78, 5) is 32.4. The summed E-state index contributed by atoms with van der Waals surface area (Å²) < 4.78 is 5.33. The largest absolute Gasteiger partial charge is 0.487 e. The van der Waals surface area contributed by atoms with Crippen LogP contribution in [0.2, 0.25) is 0 Å². The molecule has 0 aliphatic heterocycles. The topological polar surface area (TPSA) is 111 Å². The van der Waals surface area contributed by atoms with Crippen molar-refractivity contribution in [3.8, 4) is 5.75 Å². The van der Waals surface area contributed by atoms with Crippen molar-refractivity contribution in [2.45, 2.75) is 19.8 Å². The van der Waals surface area contributed by atoms with Gasteiger partial charge in [-0.25, -0.2) is 0 Å². The number of benzene rings is 1. The molecule has 0 unspecified atom stereocenters. The maximum absolute atomic E-state index is 11.5. The molecule has 0 aliphatic carbocycles. The van der Waals surface area contributed by atoms with Gasteiger partial charge in [0.15, 0.2) is 5.75 Å². The van der Waals surface area contributed by atoms with Crippen molar-refractivity contribution in [1.29, 1.82) is 0 Å². The van der Waals surface area contributed by atoms with Gasteiger partial charge in [-0.05, 0) is 12.5 Å². The van der Waals surface area contributed by atoms with Crippen LogP contribution >= 0.6 is 0 Å². The Morgan fingerprint density at radius 2 is 1.91 bits per heavy atom. The molecule has 0 bridgehead atoms. The number of nitrogens with zero attached hydrogens (tertiary/aromatic N) is 1. The van der Waals surface area contributed by atoms with E-state index in [1.807, 2.05) is 0 Å². The Balaban J connectivity index is 2.21. The van der Waals surface area contributed by atoms with E-state index in [1.54, 1.807) is 12.1 Å². The minimum Gasteiger partial charge on any atom is -0.487 e. The lowest BCUT2D eigenvalue weighted by atomic mass is 10.3. The molecular formula is C14H19N3O5. The fourth-order valence-electron chi connectivity index (χ4n) is 1.67. The van der Waals surface area contributed by atoms with Crippen molar-refractivity contribution in [3.05, 3.63) is 34.4 Å². The Hall–Kier alpha value is -2.64. The molecule has 8 nitrogen and oxygen atoms in total. The monoisotopic (exact) mass is 309 g/mol. The van der Waals surface area contributed by atoms with E-state index in [2.05, 4.69) is 10.6 Å². The van der Waals surface area contributed by atoms with Gasteiger partial charge in [0.25, 0.3) is 0 Å². The third kappa shape index (κ3) is 6.69. The van der Waals surface area contributed by atoms with Gasteiger partial charge in [-0.15, -0.1) is 0 Å². The Bertz CT molecular complexity index is 533. The van der Waals surface area contributed by atoms with Gasteiger partial charge in [-0.2, -0.15) is 0 Å². The van der Waals surface area contributed by atoms with Crippen molar-refractivity contribution < 1.29 is 19.2 Å². The second-order valence-electron chi connectivity index (χ2n) is 4.51. The zero-order chi connectivity index (χ0) is 16.4. The van der Waals surface area contributed by atoms with Crippen LogP contribution < -0.4 is 15.4 Å². The van der Waals surface area contributed by atoms with E-state index in [-0.39, 0.29) is 36.3 Å². The van der Waals surface area contributed by atoms with Crippen LogP contribution in [0.5, 0.6) is 5.75 Å². The maximum Gasteiger partial charge on any atom is 0.310 e. The first-order valence-corrected chi connectivity index (χ1v) is 6.88. The number of hydrogen-bond acceptors (Lipinski definition) is 5. The molecule has 1 aromatic carbocycles. The number of nitro benzene ring substituents is 1. The predicted octanol–water partition coefficient (Wildman–Crippen LogP) is 1.01. The van der Waals surface area contributed by atoms with Crippen LogP contribution in [0.1, 0.15) is 19.8 Å². The van der Waals surface area contributed by atoms with E-state index < -0.39 is 4.92 Å². The second-order valence-corrected chi connectivity index (χ2v) is 4.51. The highest BCUT2D eigenvalue weighted by Crippen LogP contribution is 2.25. The van der Waals surface area contributed by atoms with E-state index in [1.165, 1.54) is 19.1 Å². The number of carbonyl (C=O) groups is 2. The molecule has 0 aromatic heterocycles. The molecular weight excluding hydrogens is 290 g/mol. The van der Waals surface area contributed by atoms with Gasteiger partial charge in [0.2, 0.25) is 11.8 Å². The molecule has 0 saturated carbocycles. The summed E-state index contributed by atoms with van der Waals surface area (Å²) in [5, 5.41) is 16.0. The predicted molar refractivity (Wildman–Crippen MR) is 79.5 cm³/mol. The quantitative estimate of drug-likeness (QED) is 0.402. The summed E-state index contributed by atoms with van der Waals surface area (Å²) in [5.74, 6) is -0.109. The third-order valence-electron chi connectivity index (χ3n) is 2.69. The highest BCUT2D eigenvalue weighted by molar-refractivity contribution is 5.76. The van der Waals surface area contributed by atoms with E-state index in [0.29, 0.717) is 19.5 Å². The Kier molecular flexibility index (Phi) is 7.38. The van der Waals surface area contributed by atoms with Crippen molar-refractivity contribution in [2.24, 2.45) is 0 Å². The van der Waals surface area contributed by atoms with Gasteiger partial charge in [-0.1, -0.05) is 12.1 Å². The minimum atomic E-state index is -0.510. The van der Waals surface area contributed by atoms with Crippen molar-refractivity contribution in [2.75, 3.05) is 19.7 Å². The molecule has 0 aliphatic rings. The molecule has 0 saturated heterocycles.